The van der Waals surface area contributed by atoms with E-state index >= 15 is 0 Å². The van der Waals surface area contributed by atoms with Gasteiger partial charge in [0.1, 0.15) is 6.23 Å². The molecule has 0 radical (unpaired) electrons. The molecule has 0 bridgehead atoms. The van der Waals surface area contributed by atoms with E-state index in [0.717, 1.165) is 13.0 Å². The first-order valence-electron chi connectivity index (χ1n) is 2.91. The summed E-state index contributed by atoms with van der Waals surface area (Å²) < 4.78 is 0. The van der Waals surface area contributed by atoms with Gasteiger partial charge in [-0.3, -0.25) is 5.32 Å². The van der Waals surface area contributed by atoms with Crippen molar-refractivity contribution < 1.29 is 5.11 Å². The smallest absolute Gasteiger partial charge is 0.106 e. The zero-order chi connectivity index (χ0) is 5.98. The molecule has 3 N–H and O–H groups in total. The predicted octanol–water partition coefficient (Wildman–Crippen LogP) is -1.11. The van der Waals surface area contributed by atoms with E-state index in [4.69, 9.17) is 5.11 Å². The van der Waals surface area contributed by atoms with Gasteiger partial charge in [-0.2, -0.15) is 0 Å². The van der Waals surface area contributed by atoms with Gasteiger partial charge in [0.15, 0.2) is 0 Å². The fourth-order valence-corrected chi connectivity index (χ4v) is 0.934. The Morgan fingerprint density at radius 3 is 2.75 bits per heavy atom. The van der Waals surface area contributed by atoms with Crippen LogP contribution < -0.4 is 10.6 Å². The molecule has 1 heterocycles. The van der Waals surface area contributed by atoms with Gasteiger partial charge < -0.3 is 10.4 Å². The van der Waals surface area contributed by atoms with Crippen molar-refractivity contribution in [2.24, 2.45) is 0 Å². The molecule has 1 rings (SSSR count). The Hall–Kier alpha value is -0.120. The van der Waals surface area contributed by atoms with Gasteiger partial charge in [-0.05, 0) is 7.05 Å². The number of aliphatic hydroxyl groups is 1. The molecule has 1 aliphatic rings. The molecule has 0 aliphatic carbocycles. The van der Waals surface area contributed by atoms with Gasteiger partial charge in [0, 0.05) is 19.0 Å². The van der Waals surface area contributed by atoms with Gasteiger partial charge in [-0.15, -0.1) is 0 Å². The van der Waals surface area contributed by atoms with Crippen LogP contribution in [0, 0.1) is 0 Å². The quantitative estimate of drug-likeness (QED) is 0.407. The van der Waals surface area contributed by atoms with Crippen molar-refractivity contribution in [3.05, 3.63) is 0 Å². The van der Waals surface area contributed by atoms with Crippen LogP contribution in [-0.2, 0) is 0 Å². The second-order valence-corrected chi connectivity index (χ2v) is 2.15. The highest BCUT2D eigenvalue weighted by molar-refractivity contribution is 4.78. The summed E-state index contributed by atoms with van der Waals surface area (Å²) in [5.41, 5.74) is 0. The Morgan fingerprint density at radius 1 is 1.75 bits per heavy atom. The lowest BCUT2D eigenvalue weighted by molar-refractivity contribution is 0.158. The third kappa shape index (κ3) is 1.18. The first kappa shape index (κ1) is 6.01. The maximum absolute atomic E-state index is 8.88. The van der Waals surface area contributed by atoms with Gasteiger partial charge in [0.05, 0.1) is 0 Å². The van der Waals surface area contributed by atoms with Crippen LogP contribution in [0.1, 0.15) is 6.42 Å². The van der Waals surface area contributed by atoms with Crippen molar-refractivity contribution in [1.29, 1.82) is 0 Å². The molecule has 48 valence electrons. The minimum atomic E-state index is -0.285. The van der Waals surface area contributed by atoms with Crippen molar-refractivity contribution in [3.63, 3.8) is 0 Å². The Morgan fingerprint density at radius 2 is 2.50 bits per heavy atom. The maximum atomic E-state index is 8.88. The molecule has 0 saturated carbocycles. The predicted molar refractivity (Wildman–Crippen MR) is 31.5 cm³/mol. The third-order valence-electron chi connectivity index (χ3n) is 1.52. The number of aliphatic hydroxyl groups excluding tert-OH is 1. The summed E-state index contributed by atoms with van der Waals surface area (Å²) in [6.07, 6.45) is 0.545. The van der Waals surface area contributed by atoms with Crippen LogP contribution in [0.25, 0.3) is 0 Å². The van der Waals surface area contributed by atoms with Crippen LogP contribution in [0.4, 0.5) is 0 Å². The van der Waals surface area contributed by atoms with Crippen LogP contribution >= 0.6 is 0 Å². The van der Waals surface area contributed by atoms with Crippen molar-refractivity contribution in [2.45, 2.75) is 18.7 Å². The van der Waals surface area contributed by atoms with E-state index in [1.54, 1.807) is 0 Å². The number of hydrogen-bond acceptors (Lipinski definition) is 3. The fraction of sp³-hybridized carbons (Fsp3) is 1.00. The normalized spacial score (nSPS) is 38.2. The van der Waals surface area contributed by atoms with Crippen LogP contribution in [0.3, 0.4) is 0 Å². The Kier molecular flexibility index (Phi) is 1.83. The summed E-state index contributed by atoms with van der Waals surface area (Å²) in [6, 6.07) is 0.463. The standard InChI is InChI=1S/C5H12N2O/c1-6-4-2-5(8)7-3-4/h4-8H,2-3H2,1H3. The molecule has 0 spiro atoms. The molecule has 0 aromatic heterocycles. The lowest BCUT2D eigenvalue weighted by atomic mass is 10.2. The molecular formula is C5H12N2O. The fourth-order valence-electron chi connectivity index (χ4n) is 0.934. The van der Waals surface area contributed by atoms with Crippen LogP contribution in [0.2, 0.25) is 0 Å². The van der Waals surface area contributed by atoms with Crippen molar-refractivity contribution in [2.75, 3.05) is 13.6 Å². The van der Waals surface area contributed by atoms with Gasteiger partial charge >= 0.3 is 0 Å². The van der Waals surface area contributed by atoms with Crippen molar-refractivity contribution >= 4 is 0 Å². The maximum Gasteiger partial charge on any atom is 0.106 e. The minimum Gasteiger partial charge on any atom is -0.379 e. The van der Waals surface area contributed by atoms with Crippen LogP contribution in [-0.4, -0.2) is 31.0 Å². The highest BCUT2D eigenvalue weighted by Crippen LogP contribution is 2.01. The molecule has 1 saturated heterocycles. The summed E-state index contributed by atoms with van der Waals surface area (Å²) in [5.74, 6) is 0. The first-order chi connectivity index (χ1) is 3.83. The van der Waals surface area contributed by atoms with Crippen molar-refractivity contribution in [1.82, 2.24) is 10.6 Å². The number of rotatable bonds is 1. The van der Waals surface area contributed by atoms with E-state index in [0.29, 0.717) is 6.04 Å². The summed E-state index contributed by atoms with van der Waals surface area (Å²) in [6.45, 7) is 0.887. The summed E-state index contributed by atoms with van der Waals surface area (Å²) >= 11 is 0. The molecule has 8 heavy (non-hydrogen) atoms. The topological polar surface area (TPSA) is 44.3 Å². The molecule has 1 fully saturated rings. The largest absolute Gasteiger partial charge is 0.379 e. The van der Waals surface area contributed by atoms with Crippen LogP contribution in [0.15, 0.2) is 0 Å². The highest BCUT2D eigenvalue weighted by Gasteiger charge is 2.19. The third-order valence-corrected chi connectivity index (χ3v) is 1.52. The summed E-state index contributed by atoms with van der Waals surface area (Å²) in [5, 5.41) is 14.9. The second kappa shape index (κ2) is 2.44. The Labute approximate surface area is 49.1 Å². The minimum absolute atomic E-state index is 0.285. The molecule has 0 aromatic rings. The van der Waals surface area contributed by atoms with Gasteiger partial charge in [0.2, 0.25) is 0 Å². The average molecular weight is 116 g/mol. The molecule has 2 unspecified atom stereocenters. The van der Waals surface area contributed by atoms with Gasteiger partial charge in [-0.25, -0.2) is 0 Å². The molecule has 0 aromatic carbocycles. The molecule has 3 nitrogen and oxygen atoms in total. The average Bonchev–Trinajstić information content (AvgIpc) is 2.14. The van der Waals surface area contributed by atoms with Crippen LogP contribution in [0.5, 0.6) is 0 Å². The second-order valence-electron chi connectivity index (χ2n) is 2.15. The molecule has 2 atom stereocenters. The molecular weight excluding hydrogens is 104 g/mol. The molecule has 0 amide bonds. The SMILES string of the molecule is CNC1CNC(O)C1. The summed E-state index contributed by atoms with van der Waals surface area (Å²) in [4.78, 5) is 0. The monoisotopic (exact) mass is 116 g/mol. The van der Waals surface area contributed by atoms with Crippen molar-refractivity contribution in [3.8, 4) is 0 Å². The lowest BCUT2D eigenvalue weighted by Gasteiger charge is -2.02. The summed E-state index contributed by atoms with van der Waals surface area (Å²) in [7, 11) is 1.91. The first-order valence-corrected chi connectivity index (χ1v) is 2.91. The van der Waals surface area contributed by atoms with E-state index in [1.807, 2.05) is 7.05 Å². The number of likely N-dealkylation sites (N-methyl/N-ethyl adjacent to an activating group) is 1. The number of hydrogen-bond donors (Lipinski definition) is 3. The van der Waals surface area contributed by atoms with Gasteiger partial charge in [0.25, 0.3) is 0 Å². The number of nitrogens with one attached hydrogen (secondary N) is 2. The zero-order valence-corrected chi connectivity index (χ0v) is 5.02. The van der Waals surface area contributed by atoms with E-state index < -0.39 is 0 Å². The lowest BCUT2D eigenvalue weighted by Crippen LogP contribution is -2.26. The van der Waals surface area contributed by atoms with E-state index in [-0.39, 0.29) is 6.23 Å². The van der Waals surface area contributed by atoms with Gasteiger partial charge in [-0.1, -0.05) is 0 Å². The highest BCUT2D eigenvalue weighted by atomic mass is 16.3. The molecule has 1 aliphatic heterocycles. The van der Waals surface area contributed by atoms with E-state index in [9.17, 15) is 0 Å². The van der Waals surface area contributed by atoms with E-state index in [2.05, 4.69) is 10.6 Å². The van der Waals surface area contributed by atoms with E-state index in [1.165, 1.54) is 0 Å². The zero-order valence-electron chi connectivity index (χ0n) is 5.02. The molecule has 3 heteroatoms. The Bertz CT molecular complexity index is 76.8. The Balaban J connectivity index is 2.22.